The molecule has 2 saturated heterocycles. The van der Waals surface area contributed by atoms with Crippen molar-refractivity contribution in [1.82, 2.24) is 4.90 Å². The molecule has 2 aliphatic rings. The molecule has 0 aromatic heterocycles. The first kappa shape index (κ1) is 17.0. The number of ether oxygens (including phenoxy) is 3. The molecular weight excluding hydrogens is 315 g/mol. The van der Waals surface area contributed by atoms with E-state index in [-0.39, 0.29) is 18.2 Å². The van der Waals surface area contributed by atoms with Gasteiger partial charge >= 0.3 is 6.03 Å². The molecule has 7 heteroatoms. The Kier molecular flexibility index (Phi) is 5.52. The van der Waals surface area contributed by atoms with Crippen molar-refractivity contribution in [3.05, 3.63) is 24.0 Å². The molecular formula is C17H23FN2O4. The molecule has 2 atom stereocenters. The maximum absolute atomic E-state index is 13.6. The van der Waals surface area contributed by atoms with Crippen LogP contribution in [0.5, 0.6) is 5.75 Å². The SMILES string of the molecule is C[C@H]1CN(C(=O)Nc2cc(F)ccc2OC[C@H]2CCCO2)CCO1. The number of hydrogen-bond donors (Lipinski definition) is 1. The van der Waals surface area contributed by atoms with Crippen LogP contribution in [0.2, 0.25) is 0 Å². The molecule has 0 aliphatic carbocycles. The van der Waals surface area contributed by atoms with Gasteiger partial charge in [-0.15, -0.1) is 0 Å². The summed E-state index contributed by atoms with van der Waals surface area (Å²) < 4.78 is 30.3. The third-order valence-corrected chi connectivity index (χ3v) is 4.16. The first-order chi connectivity index (χ1) is 11.6. The number of carbonyl (C=O) groups excluding carboxylic acids is 1. The number of hydrogen-bond acceptors (Lipinski definition) is 4. The Labute approximate surface area is 140 Å². The number of anilines is 1. The monoisotopic (exact) mass is 338 g/mol. The van der Waals surface area contributed by atoms with Crippen molar-refractivity contribution in [1.29, 1.82) is 0 Å². The standard InChI is InChI=1S/C17H23FN2O4/c1-12-10-20(6-8-22-12)17(21)19-15-9-13(18)4-5-16(15)24-11-14-3-2-7-23-14/h4-5,9,12,14H,2-3,6-8,10-11H2,1H3,(H,19,21)/t12-,14+/m0/s1. The number of amides is 2. The molecule has 0 saturated carbocycles. The molecule has 2 fully saturated rings. The Balaban J connectivity index is 1.64. The summed E-state index contributed by atoms with van der Waals surface area (Å²) in [6.45, 7) is 4.57. The van der Waals surface area contributed by atoms with E-state index >= 15 is 0 Å². The number of morpholine rings is 1. The zero-order valence-electron chi connectivity index (χ0n) is 13.8. The fraction of sp³-hybridized carbons (Fsp3) is 0.588. The highest BCUT2D eigenvalue weighted by Crippen LogP contribution is 2.27. The normalized spacial score (nSPS) is 24.0. The van der Waals surface area contributed by atoms with Crippen molar-refractivity contribution in [3.8, 4) is 5.75 Å². The van der Waals surface area contributed by atoms with Crippen LogP contribution in [0.1, 0.15) is 19.8 Å². The van der Waals surface area contributed by atoms with E-state index in [1.54, 1.807) is 4.90 Å². The van der Waals surface area contributed by atoms with Crippen LogP contribution in [0.25, 0.3) is 0 Å². The van der Waals surface area contributed by atoms with Crippen LogP contribution in [0.4, 0.5) is 14.9 Å². The molecule has 2 amide bonds. The van der Waals surface area contributed by atoms with Gasteiger partial charge in [0.05, 0.1) is 24.5 Å². The molecule has 1 aromatic rings. The predicted molar refractivity (Wildman–Crippen MR) is 86.9 cm³/mol. The van der Waals surface area contributed by atoms with Gasteiger partial charge in [-0.05, 0) is 31.9 Å². The van der Waals surface area contributed by atoms with Gasteiger partial charge in [-0.25, -0.2) is 9.18 Å². The minimum Gasteiger partial charge on any atom is -0.489 e. The molecule has 0 bridgehead atoms. The lowest BCUT2D eigenvalue weighted by Crippen LogP contribution is -2.46. The maximum Gasteiger partial charge on any atom is 0.322 e. The summed E-state index contributed by atoms with van der Waals surface area (Å²) in [6.07, 6.45) is 2.02. The van der Waals surface area contributed by atoms with Crippen molar-refractivity contribution in [2.75, 3.05) is 38.2 Å². The number of halogens is 1. The minimum atomic E-state index is -0.426. The minimum absolute atomic E-state index is 0.00718. The number of benzene rings is 1. The summed E-state index contributed by atoms with van der Waals surface area (Å²) in [4.78, 5) is 14.0. The lowest BCUT2D eigenvalue weighted by atomic mass is 10.2. The van der Waals surface area contributed by atoms with Gasteiger partial charge in [-0.2, -0.15) is 0 Å². The lowest BCUT2D eigenvalue weighted by Gasteiger charge is -2.31. The van der Waals surface area contributed by atoms with E-state index in [2.05, 4.69) is 5.32 Å². The molecule has 2 heterocycles. The Hall–Kier alpha value is -1.86. The van der Waals surface area contributed by atoms with Gasteiger partial charge in [0, 0.05) is 25.8 Å². The predicted octanol–water partition coefficient (Wildman–Crippen LogP) is 2.64. The second-order valence-corrected chi connectivity index (χ2v) is 6.14. The van der Waals surface area contributed by atoms with Crippen molar-refractivity contribution >= 4 is 11.7 Å². The van der Waals surface area contributed by atoms with Crippen LogP contribution in [0.15, 0.2) is 18.2 Å². The van der Waals surface area contributed by atoms with E-state index in [1.807, 2.05) is 6.92 Å². The van der Waals surface area contributed by atoms with E-state index in [0.29, 0.717) is 37.7 Å². The highest BCUT2D eigenvalue weighted by atomic mass is 19.1. The van der Waals surface area contributed by atoms with Gasteiger partial charge in [-0.1, -0.05) is 0 Å². The maximum atomic E-state index is 13.6. The summed E-state index contributed by atoms with van der Waals surface area (Å²) in [7, 11) is 0. The second-order valence-electron chi connectivity index (χ2n) is 6.14. The van der Waals surface area contributed by atoms with Gasteiger partial charge in [-0.3, -0.25) is 0 Å². The number of carbonyl (C=O) groups is 1. The smallest absolute Gasteiger partial charge is 0.322 e. The third kappa shape index (κ3) is 4.36. The fourth-order valence-electron chi connectivity index (χ4n) is 2.88. The highest BCUT2D eigenvalue weighted by molar-refractivity contribution is 5.91. The molecule has 6 nitrogen and oxygen atoms in total. The molecule has 3 rings (SSSR count). The van der Waals surface area contributed by atoms with Crippen molar-refractivity contribution in [3.63, 3.8) is 0 Å². The molecule has 1 aromatic carbocycles. The van der Waals surface area contributed by atoms with Crippen LogP contribution in [0.3, 0.4) is 0 Å². The summed E-state index contributed by atoms with van der Waals surface area (Å²) in [5.41, 5.74) is 0.331. The lowest BCUT2D eigenvalue weighted by molar-refractivity contribution is -0.00139. The Morgan fingerprint density at radius 3 is 3.04 bits per heavy atom. The molecule has 1 N–H and O–H groups in total. The van der Waals surface area contributed by atoms with Crippen LogP contribution in [-0.2, 0) is 9.47 Å². The second kappa shape index (κ2) is 7.81. The van der Waals surface area contributed by atoms with E-state index < -0.39 is 5.82 Å². The number of nitrogens with zero attached hydrogens (tertiary/aromatic N) is 1. The van der Waals surface area contributed by atoms with Crippen LogP contribution in [0, 0.1) is 5.82 Å². The van der Waals surface area contributed by atoms with Gasteiger partial charge in [0.2, 0.25) is 0 Å². The average molecular weight is 338 g/mol. The summed E-state index contributed by atoms with van der Waals surface area (Å²) in [5.74, 6) is 0.0201. The third-order valence-electron chi connectivity index (χ3n) is 4.16. The molecule has 0 radical (unpaired) electrons. The first-order valence-corrected chi connectivity index (χ1v) is 8.33. The van der Waals surface area contributed by atoms with Gasteiger partial charge < -0.3 is 24.4 Å². The van der Waals surface area contributed by atoms with Gasteiger partial charge in [0.1, 0.15) is 18.2 Å². The molecule has 0 spiro atoms. The quantitative estimate of drug-likeness (QED) is 0.917. The summed E-state index contributed by atoms with van der Waals surface area (Å²) in [6, 6.07) is 3.84. The first-order valence-electron chi connectivity index (χ1n) is 8.33. The highest BCUT2D eigenvalue weighted by Gasteiger charge is 2.23. The fourth-order valence-corrected chi connectivity index (χ4v) is 2.88. The molecule has 0 unspecified atom stereocenters. The zero-order valence-corrected chi connectivity index (χ0v) is 13.8. The zero-order chi connectivity index (χ0) is 16.9. The van der Waals surface area contributed by atoms with E-state index in [4.69, 9.17) is 14.2 Å². The number of rotatable bonds is 4. The van der Waals surface area contributed by atoms with E-state index in [9.17, 15) is 9.18 Å². The van der Waals surface area contributed by atoms with Crippen molar-refractivity contribution in [2.24, 2.45) is 0 Å². The molecule has 132 valence electrons. The number of nitrogens with one attached hydrogen (secondary N) is 1. The Morgan fingerprint density at radius 2 is 2.29 bits per heavy atom. The topological polar surface area (TPSA) is 60.0 Å². The Morgan fingerprint density at radius 1 is 1.42 bits per heavy atom. The van der Waals surface area contributed by atoms with Crippen LogP contribution in [-0.4, -0.2) is 56.0 Å². The summed E-state index contributed by atoms with van der Waals surface area (Å²) >= 11 is 0. The van der Waals surface area contributed by atoms with Crippen LogP contribution >= 0.6 is 0 Å². The van der Waals surface area contributed by atoms with Crippen molar-refractivity contribution in [2.45, 2.75) is 32.0 Å². The van der Waals surface area contributed by atoms with E-state index in [1.165, 1.54) is 18.2 Å². The van der Waals surface area contributed by atoms with Crippen LogP contribution < -0.4 is 10.1 Å². The van der Waals surface area contributed by atoms with Gasteiger partial charge in [0.15, 0.2) is 0 Å². The van der Waals surface area contributed by atoms with E-state index in [0.717, 1.165) is 19.4 Å². The largest absolute Gasteiger partial charge is 0.489 e. The number of urea groups is 1. The van der Waals surface area contributed by atoms with Crippen molar-refractivity contribution < 1.29 is 23.4 Å². The molecule has 2 aliphatic heterocycles. The average Bonchev–Trinajstić information content (AvgIpc) is 3.07. The Bertz CT molecular complexity index is 578. The van der Waals surface area contributed by atoms with Gasteiger partial charge in [0.25, 0.3) is 0 Å². The molecule has 24 heavy (non-hydrogen) atoms. The summed E-state index contributed by atoms with van der Waals surface area (Å²) in [5, 5.41) is 2.74.